The van der Waals surface area contributed by atoms with Crippen LogP contribution in [0, 0.1) is 0 Å². The van der Waals surface area contributed by atoms with Gasteiger partial charge in [0.2, 0.25) is 0 Å². The van der Waals surface area contributed by atoms with Gasteiger partial charge in [-0.3, -0.25) is 0 Å². The van der Waals surface area contributed by atoms with Crippen LogP contribution in [0.25, 0.3) is 0 Å². The number of nitrogens with one attached hydrogen (secondary N) is 2. The molecule has 76 valence electrons. The molecule has 2 heterocycles. The lowest BCUT2D eigenvalue weighted by Gasteiger charge is -2.07. The Bertz CT molecular complexity index is 388. The summed E-state index contributed by atoms with van der Waals surface area (Å²) in [7, 11) is 0. The van der Waals surface area contributed by atoms with E-state index in [0.717, 1.165) is 36.7 Å². The van der Waals surface area contributed by atoms with E-state index in [1.54, 1.807) is 11.8 Å². The minimum absolute atomic E-state index is 0.227. The van der Waals surface area contributed by atoms with Crippen molar-refractivity contribution in [1.29, 1.82) is 0 Å². The van der Waals surface area contributed by atoms with Crippen molar-refractivity contribution in [1.82, 2.24) is 15.3 Å². The Balaban J connectivity index is 2.52. The summed E-state index contributed by atoms with van der Waals surface area (Å²) < 4.78 is 0. The first-order valence-electron chi connectivity index (χ1n) is 4.68. The van der Waals surface area contributed by atoms with Gasteiger partial charge in [0.05, 0.1) is 0 Å². The van der Waals surface area contributed by atoms with Gasteiger partial charge in [0.15, 0.2) is 0 Å². The molecule has 0 spiro atoms. The molecule has 1 aliphatic heterocycles. The molecule has 0 unspecified atom stereocenters. The van der Waals surface area contributed by atoms with Crippen LogP contribution in [-0.2, 0) is 12.8 Å². The molecular formula is C9H13N3OS. The third-order valence-corrected chi connectivity index (χ3v) is 3.10. The Morgan fingerprint density at radius 2 is 2.14 bits per heavy atom. The third kappa shape index (κ3) is 1.83. The first-order chi connectivity index (χ1) is 6.81. The monoisotopic (exact) mass is 211 g/mol. The fourth-order valence-electron chi connectivity index (χ4n) is 1.71. The molecule has 1 aromatic rings. The molecule has 4 nitrogen and oxygen atoms in total. The molecule has 2 N–H and O–H groups in total. The summed E-state index contributed by atoms with van der Waals surface area (Å²) in [5, 5.41) is 4.19. The van der Waals surface area contributed by atoms with Gasteiger partial charge in [0.25, 0.3) is 0 Å². The number of thioether (sulfide) groups is 1. The molecular weight excluding hydrogens is 198 g/mol. The third-order valence-electron chi connectivity index (χ3n) is 2.38. The van der Waals surface area contributed by atoms with Gasteiger partial charge in [-0.15, -0.1) is 11.8 Å². The lowest BCUT2D eigenvalue weighted by atomic mass is 10.1. The second kappa shape index (κ2) is 4.14. The van der Waals surface area contributed by atoms with Crippen LogP contribution in [0.5, 0.6) is 0 Å². The van der Waals surface area contributed by atoms with E-state index >= 15 is 0 Å². The molecule has 0 aromatic carbocycles. The Morgan fingerprint density at radius 3 is 2.93 bits per heavy atom. The molecule has 0 bridgehead atoms. The molecule has 2 rings (SSSR count). The van der Waals surface area contributed by atoms with Crippen LogP contribution in [0.2, 0.25) is 0 Å². The predicted octanol–water partition coefficient (Wildman–Crippen LogP) is 0.180. The zero-order valence-electron chi connectivity index (χ0n) is 8.09. The van der Waals surface area contributed by atoms with Gasteiger partial charge in [-0.25, -0.2) is 4.79 Å². The fourth-order valence-corrected chi connectivity index (χ4v) is 2.36. The minimum Gasteiger partial charge on any atom is -0.316 e. The first kappa shape index (κ1) is 9.73. The number of H-pyrrole nitrogens is 1. The second-order valence-corrected chi connectivity index (χ2v) is 4.05. The maximum Gasteiger partial charge on any atom is 0.346 e. The smallest absolute Gasteiger partial charge is 0.316 e. The highest BCUT2D eigenvalue weighted by Gasteiger charge is 2.13. The van der Waals surface area contributed by atoms with Crippen LogP contribution < -0.4 is 11.0 Å². The minimum atomic E-state index is -0.227. The average molecular weight is 211 g/mol. The molecule has 0 fully saturated rings. The Labute approximate surface area is 86.5 Å². The highest BCUT2D eigenvalue weighted by molar-refractivity contribution is 7.98. The SMILES string of the molecule is CSc1nc(=O)[nH]c2c1CCNCC2. The summed E-state index contributed by atoms with van der Waals surface area (Å²) >= 11 is 1.55. The molecule has 0 atom stereocenters. The first-order valence-corrected chi connectivity index (χ1v) is 5.90. The van der Waals surface area contributed by atoms with E-state index in [-0.39, 0.29) is 5.69 Å². The Kier molecular flexibility index (Phi) is 2.88. The molecule has 14 heavy (non-hydrogen) atoms. The van der Waals surface area contributed by atoms with Crippen molar-refractivity contribution in [3.63, 3.8) is 0 Å². The maximum atomic E-state index is 11.2. The molecule has 0 amide bonds. The Morgan fingerprint density at radius 1 is 1.36 bits per heavy atom. The predicted molar refractivity (Wildman–Crippen MR) is 56.9 cm³/mol. The van der Waals surface area contributed by atoms with Crippen LogP contribution in [-0.4, -0.2) is 29.3 Å². The standard InChI is InChI=1S/C9H13N3OS/c1-14-8-6-2-4-10-5-3-7(6)11-9(13)12-8/h10H,2-5H2,1H3,(H,11,12,13). The second-order valence-electron chi connectivity index (χ2n) is 3.26. The van der Waals surface area contributed by atoms with Crippen molar-refractivity contribution in [3.05, 3.63) is 21.7 Å². The van der Waals surface area contributed by atoms with Gasteiger partial charge in [-0.2, -0.15) is 4.98 Å². The molecule has 0 saturated heterocycles. The van der Waals surface area contributed by atoms with Crippen LogP contribution in [0.3, 0.4) is 0 Å². The largest absolute Gasteiger partial charge is 0.346 e. The van der Waals surface area contributed by atoms with Crippen LogP contribution in [0.4, 0.5) is 0 Å². The highest BCUT2D eigenvalue weighted by atomic mass is 32.2. The summed E-state index contributed by atoms with van der Waals surface area (Å²) in [5.74, 6) is 0. The maximum absolute atomic E-state index is 11.2. The van der Waals surface area contributed by atoms with Crippen molar-refractivity contribution >= 4 is 11.8 Å². The van der Waals surface area contributed by atoms with Crippen molar-refractivity contribution in [3.8, 4) is 0 Å². The number of fused-ring (bicyclic) bond motifs is 1. The molecule has 0 saturated carbocycles. The van der Waals surface area contributed by atoms with Gasteiger partial charge in [-0.05, 0) is 19.2 Å². The normalized spacial score (nSPS) is 16.1. The summed E-state index contributed by atoms with van der Waals surface area (Å²) in [6.45, 7) is 1.90. The summed E-state index contributed by atoms with van der Waals surface area (Å²) in [6, 6.07) is 0. The lowest BCUT2D eigenvalue weighted by molar-refractivity contribution is 0.707. The number of hydrogen-bond donors (Lipinski definition) is 2. The van der Waals surface area contributed by atoms with E-state index in [2.05, 4.69) is 15.3 Å². The summed E-state index contributed by atoms with van der Waals surface area (Å²) in [4.78, 5) is 18.0. The van der Waals surface area contributed by atoms with Crippen LogP contribution >= 0.6 is 11.8 Å². The van der Waals surface area contributed by atoms with E-state index in [9.17, 15) is 4.79 Å². The molecule has 5 heteroatoms. The van der Waals surface area contributed by atoms with Crippen molar-refractivity contribution in [2.75, 3.05) is 19.3 Å². The van der Waals surface area contributed by atoms with Gasteiger partial charge in [0.1, 0.15) is 5.03 Å². The molecule has 0 radical (unpaired) electrons. The molecule has 1 aliphatic rings. The van der Waals surface area contributed by atoms with Gasteiger partial charge in [-0.1, -0.05) is 0 Å². The van der Waals surface area contributed by atoms with Gasteiger partial charge < -0.3 is 10.3 Å². The number of aromatic nitrogens is 2. The van der Waals surface area contributed by atoms with E-state index in [1.807, 2.05) is 6.26 Å². The van der Waals surface area contributed by atoms with Gasteiger partial charge in [0, 0.05) is 24.2 Å². The zero-order chi connectivity index (χ0) is 9.97. The topological polar surface area (TPSA) is 57.8 Å². The van der Waals surface area contributed by atoms with Gasteiger partial charge >= 0.3 is 5.69 Å². The van der Waals surface area contributed by atoms with E-state index < -0.39 is 0 Å². The number of rotatable bonds is 1. The Hall–Kier alpha value is -0.810. The van der Waals surface area contributed by atoms with E-state index in [0.29, 0.717) is 0 Å². The number of aromatic amines is 1. The molecule has 1 aromatic heterocycles. The zero-order valence-corrected chi connectivity index (χ0v) is 8.91. The summed E-state index contributed by atoms with van der Waals surface area (Å²) in [6.07, 6.45) is 3.80. The fraction of sp³-hybridized carbons (Fsp3) is 0.556. The molecule has 0 aliphatic carbocycles. The van der Waals surface area contributed by atoms with Crippen LogP contribution in [0.15, 0.2) is 9.82 Å². The van der Waals surface area contributed by atoms with Crippen molar-refractivity contribution < 1.29 is 0 Å². The van der Waals surface area contributed by atoms with E-state index in [1.165, 1.54) is 5.56 Å². The van der Waals surface area contributed by atoms with Crippen molar-refractivity contribution in [2.24, 2.45) is 0 Å². The lowest BCUT2D eigenvalue weighted by Crippen LogP contribution is -2.17. The van der Waals surface area contributed by atoms with E-state index in [4.69, 9.17) is 0 Å². The number of hydrogen-bond acceptors (Lipinski definition) is 4. The van der Waals surface area contributed by atoms with Crippen LogP contribution in [0.1, 0.15) is 11.3 Å². The summed E-state index contributed by atoms with van der Waals surface area (Å²) in [5.41, 5.74) is 2.04. The number of nitrogens with zero attached hydrogens (tertiary/aromatic N) is 1. The highest BCUT2D eigenvalue weighted by Crippen LogP contribution is 2.20. The quantitative estimate of drug-likeness (QED) is 0.514. The van der Waals surface area contributed by atoms with Crippen molar-refractivity contribution in [2.45, 2.75) is 17.9 Å². The average Bonchev–Trinajstić information content (AvgIpc) is 2.41.